The molecular weight excluding hydrogens is 200 g/mol. The molecule has 0 radical (unpaired) electrons. The molecule has 1 aromatic rings. The van der Waals surface area contributed by atoms with Crippen molar-refractivity contribution in [2.24, 2.45) is 0 Å². The van der Waals surface area contributed by atoms with Crippen LogP contribution in [0, 0.1) is 6.92 Å². The highest BCUT2D eigenvalue weighted by Crippen LogP contribution is 2.30. The molecule has 14 heavy (non-hydrogen) atoms. The van der Waals surface area contributed by atoms with E-state index < -0.39 is 0 Å². The van der Waals surface area contributed by atoms with Crippen molar-refractivity contribution in [3.05, 3.63) is 28.3 Å². The number of methoxy groups -OCH3 is 1. The summed E-state index contributed by atoms with van der Waals surface area (Å²) in [5, 5.41) is 9.48. The zero-order valence-corrected chi connectivity index (χ0v) is 9.27. The molecule has 0 amide bonds. The molecule has 1 rings (SSSR count). The first kappa shape index (κ1) is 11.3. The molecule has 0 aromatic heterocycles. The largest absolute Gasteiger partial charge is 0.496 e. The van der Waals surface area contributed by atoms with Crippen LogP contribution in [0.2, 0.25) is 5.02 Å². The lowest BCUT2D eigenvalue weighted by atomic mass is 10.1. The molecule has 0 fully saturated rings. The average molecular weight is 215 g/mol. The van der Waals surface area contributed by atoms with E-state index in [2.05, 4.69) is 0 Å². The average Bonchev–Trinajstić information content (AvgIpc) is 2.19. The minimum Gasteiger partial charge on any atom is -0.496 e. The van der Waals surface area contributed by atoms with Crippen molar-refractivity contribution in [2.45, 2.75) is 19.8 Å². The Morgan fingerprint density at radius 1 is 1.43 bits per heavy atom. The van der Waals surface area contributed by atoms with Crippen molar-refractivity contribution >= 4 is 11.6 Å². The quantitative estimate of drug-likeness (QED) is 0.835. The number of hydrogen-bond acceptors (Lipinski definition) is 2. The highest BCUT2D eigenvalue weighted by molar-refractivity contribution is 6.31. The number of aryl methyl sites for hydroxylation is 1. The lowest BCUT2D eigenvalue weighted by Gasteiger charge is -2.12. The van der Waals surface area contributed by atoms with Crippen LogP contribution in [0.1, 0.15) is 17.5 Å². The first-order valence-corrected chi connectivity index (χ1v) is 5.01. The van der Waals surface area contributed by atoms with E-state index in [4.69, 9.17) is 21.4 Å². The van der Waals surface area contributed by atoms with E-state index in [-0.39, 0.29) is 6.61 Å². The van der Waals surface area contributed by atoms with E-state index in [1.165, 1.54) is 0 Å². The Bertz CT molecular complexity index is 310. The zero-order valence-electron chi connectivity index (χ0n) is 8.51. The number of hydrogen-bond donors (Lipinski definition) is 1. The van der Waals surface area contributed by atoms with E-state index in [9.17, 15) is 0 Å². The molecule has 0 heterocycles. The SMILES string of the molecule is COc1c(C)ccc(Cl)c1CCCO. The van der Waals surface area contributed by atoms with Gasteiger partial charge in [-0.3, -0.25) is 0 Å². The van der Waals surface area contributed by atoms with E-state index in [1.54, 1.807) is 7.11 Å². The van der Waals surface area contributed by atoms with Crippen LogP contribution >= 0.6 is 11.6 Å². The van der Waals surface area contributed by atoms with Crippen molar-refractivity contribution in [3.8, 4) is 5.75 Å². The van der Waals surface area contributed by atoms with Gasteiger partial charge in [-0.25, -0.2) is 0 Å². The van der Waals surface area contributed by atoms with E-state index >= 15 is 0 Å². The minimum absolute atomic E-state index is 0.174. The first-order chi connectivity index (χ1) is 6.70. The fourth-order valence-electron chi connectivity index (χ4n) is 1.49. The van der Waals surface area contributed by atoms with Gasteiger partial charge in [-0.15, -0.1) is 0 Å². The molecule has 0 atom stereocenters. The van der Waals surface area contributed by atoms with Gasteiger partial charge in [0.05, 0.1) is 7.11 Å². The first-order valence-electron chi connectivity index (χ1n) is 4.63. The summed E-state index contributed by atoms with van der Waals surface area (Å²) in [7, 11) is 1.64. The van der Waals surface area contributed by atoms with Gasteiger partial charge >= 0.3 is 0 Å². The summed E-state index contributed by atoms with van der Waals surface area (Å²) in [6.45, 7) is 2.16. The summed E-state index contributed by atoms with van der Waals surface area (Å²) in [4.78, 5) is 0. The molecule has 0 bridgehead atoms. The third-order valence-electron chi connectivity index (χ3n) is 2.19. The van der Waals surface area contributed by atoms with E-state index in [1.807, 2.05) is 19.1 Å². The van der Waals surface area contributed by atoms with Crippen LogP contribution < -0.4 is 4.74 Å². The van der Waals surface area contributed by atoms with Crippen LogP contribution in [0.5, 0.6) is 5.75 Å². The number of halogens is 1. The van der Waals surface area contributed by atoms with Gasteiger partial charge in [0, 0.05) is 17.2 Å². The Labute approximate surface area is 89.5 Å². The van der Waals surface area contributed by atoms with Crippen LogP contribution in [0.15, 0.2) is 12.1 Å². The Hall–Kier alpha value is -0.730. The maximum atomic E-state index is 8.77. The zero-order chi connectivity index (χ0) is 10.6. The normalized spacial score (nSPS) is 10.3. The minimum atomic E-state index is 0.174. The fraction of sp³-hybridized carbons (Fsp3) is 0.455. The van der Waals surface area contributed by atoms with Gasteiger partial charge < -0.3 is 9.84 Å². The molecule has 0 spiro atoms. The second kappa shape index (κ2) is 5.23. The molecule has 2 nitrogen and oxygen atoms in total. The molecule has 1 aromatic carbocycles. The van der Waals surface area contributed by atoms with Crippen LogP contribution in [0.4, 0.5) is 0 Å². The molecule has 0 saturated heterocycles. The van der Waals surface area contributed by atoms with Gasteiger partial charge in [0.1, 0.15) is 5.75 Å². The molecular formula is C11H15ClO2. The monoisotopic (exact) mass is 214 g/mol. The van der Waals surface area contributed by atoms with Crippen LogP contribution in [-0.4, -0.2) is 18.8 Å². The maximum Gasteiger partial charge on any atom is 0.126 e. The summed E-state index contributed by atoms with van der Waals surface area (Å²) in [5.74, 6) is 0.839. The van der Waals surface area contributed by atoms with Crippen molar-refractivity contribution < 1.29 is 9.84 Å². The van der Waals surface area contributed by atoms with E-state index in [0.29, 0.717) is 11.4 Å². The van der Waals surface area contributed by atoms with Crippen LogP contribution in [-0.2, 0) is 6.42 Å². The molecule has 78 valence electrons. The third-order valence-corrected chi connectivity index (χ3v) is 2.54. The topological polar surface area (TPSA) is 29.5 Å². The Kier molecular flexibility index (Phi) is 4.23. The molecule has 0 unspecified atom stereocenters. The summed E-state index contributed by atoms with van der Waals surface area (Å²) in [6, 6.07) is 3.80. The summed E-state index contributed by atoms with van der Waals surface area (Å²) in [5.41, 5.74) is 2.06. The van der Waals surface area contributed by atoms with Crippen molar-refractivity contribution in [3.63, 3.8) is 0 Å². The summed E-state index contributed by atoms with van der Waals surface area (Å²) in [6.07, 6.45) is 1.46. The Morgan fingerprint density at radius 2 is 2.14 bits per heavy atom. The highest BCUT2D eigenvalue weighted by Gasteiger charge is 2.09. The van der Waals surface area contributed by atoms with Crippen LogP contribution in [0.25, 0.3) is 0 Å². The predicted molar refractivity (Wildman–Crippen MR) is 58.1 cm³/mol. The molecule has 0 aliphatic heterocycles. The maximum absolute atomic E-state index is 8.77. The third kappa shape index (κ3) is 2.40. The predicted octanol–water partition coefficient (Wildman–Crippen LogP) is 2.58. The molecule has 0 aliphatic carbocycles. The van der Waals surface area contributed by atoms with Gasteiger partial charge in [-0.1, -0.05) is 17.7 Å². The van der Waals surface area contributed by atoms with Gasteiger partial charge in [-0.05, 0) is 31.4 Å². The van der Waals surface area contributed by atoms with Crippen LogP contribution in [0.3, 0.4) is 0 Å². The van der Waals surface area contributed by atoms with E-state index in [0.717, 1.165) is 23.3 Å². The number of ether oxygens (including phenoxy) is 1. The van der Waals surface area contributed by atoms with Crippen molar-refractivity contribution in [1.29, 1.82) is 0 Å². The number of rotatable bonds is 4. The molecule has 3 heteroatoms. The lowest BCUT2D eigenvalue weighted by molar-refractivity contribution is 0.287. The van der Waals surface area contributed by atoms with Gasteiger partial charge in [-0.2, -0.15) is 0 Å². The number of aliphatic hydroxyl groups excluding tert-OH is 1. The lowest BCUT2D eigenvalue weighted by Crippen LogP contribution is -1.97. The highest BCUT2D eigenvalue weighted by atomic mass is 35.5. The van der Waals surface area contributed by atoms with Crippen molar-refractivity contribution in [2.75, 3.05) is 13.7 Å². The standard InChI is InChI=1S/C11H15ClO2/c1-8-5-6-10(12)9(4-3-7-13)11(8)14-2/h5-6,13H,3-4,7H2,1-2H3. The molecule has 1 N–H and O–H groups in total. The Morgan fingerprint density at radius 3 is 2.71 bits per heavy atom. The second-order valence-corrected chi connectivity index (χ2v) is 3.61. The second-order valence-electron chi connectivity index (χ2n) is 3.20. The van der Waals surface area contributed by atoms with Gasteiger partial charge in [0.25, 0.3) is 0 Å². The van der Waals surface area contributed by atoms with Gasteiger partial charge in [0.2, 0.25) is 0 Å². The molecule has 0 aliphatic rings. The van der Waals surface area contributed by atoms with Crippen molar-refractivity contribution in [1.82, 2.24) is 0 Å². The molecule has 0 saturated carbocycles. The van der Waals surface area contributed by atoms with Gasteiger partial charge in [0.15, 0.2) is 0 Å². The smallest absolute Gasteiger partial charge is 0.126 e. The summed E-state index contributed by atoms with van der Waals surface area (Å²) < 4.78 is 5.29. The fourth-order valence-corrected chi connectivity index (χ4v) is 1.74. The summed E-state index contributed by atoms with van der Waals surface area (Å²) >= 11 is 6.05. The number of benzene rings is 1. The number of aliphatic hydroxyl groups is 1. The Balaban J connectivity index is 3.03.